The minimum Gasteiger partial charge on any atom is -0.391 e. The quantitative estimate of drug-likeness (QED) is 0.641. The molecule has 0 unspecified atom stereocenters. The van der Waals surface area contributed by atoms with E-state index in [4.69, 9.17) is 0 Å². The lowest BCUT2D eigenvalue weighted by atomic mass is 9.87. The molecule has 70 valence electrons. The third kappa shape index (κ3) is 1.64. The van der Waals surface area contributed by atoms with E-state index >= 15 is 0 Å². The van der Waals surface area contributed by atoms with Crippen LogP contribution in [0.25, 0.3) is 0 Å². The van der Waals surface area contributed by atoms with E-state index in [2.05, 4.69) is 4.90 Å². The molecule has 2 fully saturated rings. The predicted molar refractivity (Wildman–Crippen MR) is 49.1 cm³/mol. The van der Waals surface area contributed by atoms with Crippen molar-refractivity contribution < 1.29 is 5.11 Å². The molecule has 1 aliphatic carbocycles. The van der Waals surface area contributed by atoms with Gasteiger partial charge in [0.15, 0.2) is 0 Å². The van der Waals surface area contributed by atoms with Crippen molar-refractivity contribution in [3.63, 3.8) is 0 Å². The number of likely N-dealkylation sites (tertiary alicyclic amines) is 1. The van der Waals surface area contributed by atoms with Crippen molar-refractivity contribution in [2.75, 3.05) is 13.1 Å². The molecule has 0 spiro atoms. The third-order valence-corrected chi connectivity index (χ3v) is 3.31. The molecule has 1 saturated carbocycles. The van der Waals surface area contributed by atoms with Crippen LogP contribution in [0.1, 0.15) is 38.5 Å². The summed E-state index contributed by atoms with van der Waals surface area (Å²) >= 11 is 0. The van der Waals surface area contributed by atoms with Crippen molar-refractivity contribution in [3.8, 4) is 0 Å². The predicted octanol–water partition coefficient (Wildman–Crippen LogP) is 1.39. The number of nitrogens with zero attached hydrogens (tertiary/aromatic N) is 1. The van der Waals surface area contributed by atoms with Crippen molar-refractivity contribution in [1.82, 2.24) is 4.90 Å². The molecule has 0 bridgehead atoms. The summed E-state index contributed by atoms with van der Waals surface area (Å²) in [6, 6.07) is 0.517. The van der Waals surface area contributed by atoms with Gasteiger partial charge in [-0.1, -0.05) is 12.8 Å². The molecule has 1 saturated heterocycles. The summed E-state index contributed by atoms with van der Waals surface area (Å²) in [4.78, 5) is 2.50. The summed E-state index contributed by atoms with van der Waals surface area (Å²) in [6.07, 6.45) is 7.69. The largest absolute Gasteiger partial charge is 0.391 e. The van der Waals surface area contributed by atoms with Gasteiger partial charge in [-0.25, -0.2) is 0 Å². The van der Waals surface area contributed by atoms with Crippen LogP contribution in [0, 0.1) is 0 Å². The maximum absolute atomic E-state index is 9.51. The van der Waals surface area contributed by atoms with Gasteiger partial charge in [-0.2, -0.15) is 0 Å². The zero-order valence-corrected chi connectivity index (χ0v) is 7.71. The van der Waals surface area contributed by atoms with E-state index in [1.807, 2.05) is 0 Å². The Morgan fingerprint density at radius 1 is 0.917 bits per heavy atom. The zero-order chi connectivity index (χ0) is 8.39. The summed E-state index contributed by atoms with van der Waals surface area (Å²) < 4.78 is 0. The fraction of sp³-hybridized carbons (Fsp3) is 1.00. The van der Waals surface area contributed by atoms with Gasteiger partial charge >= 0.3 is 0 Å². The van der Waals surface area contributed by atoms with Crippen LogP contribution in [-0.2, 0) is 0 Å². The zero-order valence-electron chi connectivity index (χ0n) is 7.71. The molecular weight excluding hydrogens is 150 g/mol. The molecule has 12 heavy (non-hydrogen) atoms. The maximum Gasteiger partial charge on any atom is 0.0696 e. The second-order valence-corrected chi connectivity index (χ2v) is 4.16. The summed E-state index contributed by atoms with van der Waals surface area (Å²) in [6.45, 7) is 2.45. The highest BCUT2D eigenvalue weighted by Gasteiger charge is 2.33. The van der Waals surface area contributed by atoms with Gasteiger partial charge < -0.3 is 5.11 Å². The lowest BCUT2D eigenvalue weighted by Gasteiger charge is -2.41. The van der Waals surface area contributed by atoms with Crippen LogP contribution in [0.3, 0.4) is 0 Å². The molecule has 2 rings (SSSR count). The third-order valence-electron chi connectivity index (χ3n) is 3.31. The molecule has 0 aromatic heterocycles. The van der Waals surface area contributed by atoms with Crippen LogP contribution in [0.5, 0.6) is 0 Å². The molecular formula is C10H19NO. The van der Waals surface area contributed by atoms with Gasteiger partial charge in [0.25, 0.3) is 0 Å². The standard InChI is InChI=1S/C10H19NO/c12-10-6-5-9(10)11-7-3-1-2-4-8-11/h9-10,12H,1-8H2/t9-,10-/m1/s1. The SMILES string of the molecule is O[C@@H]1CC[C@H]1N1CCCCCC1. The Morgan fingerprint density at radius 3 is 2.00 bits per heavy atom. The molecule has 0 aromatic carbocycles. The normalized spacial score (nSPS) is 38.8. The van der Waals surface area contributed by atoms with Crippen molar-refractivity contribution >= 4 is 0 Å². The van der Waals surface area contributed by atoms with Crippen molar-refractivity contribution in [1.29, 1.82) is 0 Å². The fourth-order valence-electron chi connectivity index (χ4n) is 2.32. The van der Waals surface area contributed by atoms with Crippen LogP contribution < -0.4 is 0 Å². The first-order valence-corrected chi connectivity index (χ1v) is 5.30. The number of aliphatic hydroxyl groups excluding tert-OH is 1. The smallest absolute Gasteiger partial charge is 0.0696 e. The topological polar surface area (TPSA) is 23.5 Å². The Balaban J connectivity index is 1.84. The average molecular weight is 169 g/mol. The highest BCUT2D eigenvalue weighted by atomic mass is 16.3. The number of hydrogen-bond donors (Lipinski definition) is 1. The first-order valence-electron chi connectivity index (χ1n) is 5.30. The lowest BCUT2D eigenvalue weighted by molar-refractivity contribution is -0.0196. The highest BCUT2D eigenvalue weighted by molar-refractivity contribution is 4.89. The summed E-state index contributed by atoms with van der Waals surface area (Å²) in [5.41, 5.74) is 0. The Kier molecular flexibility index (Phi) is 2.66. The Morgan fingerprint density at radius 2 is 1.58 bits per heavy atom. The van der Waals surface area contributed by atoms with Gasteiger partial charge in [-0.15, -0.1) is 0 Å². The molecule has 1 N–H and O–H groups in total. The van der Waals surface area contributed by atoms with Gasteiger partial charge in [0.2, 0.25) is 0 Å². The van der Waals surface area contributed by atoms with Gasteiger partial charge in [0.05, 0.1) is 6.10 Å². The molecule has 1 aliphatic heterocycles. The van der Waals surface area contributed by atoms with Gasteiger partial charge in [0, 0.05) is 6.04 Å². The first-order chi connectivity index (χ1) is 5.88. The van der Waals surface area contributed by atoms with Crippen LogP contribution in [0.4, 0.5) is 0 Å². The minimum atomic E-state index is -0.0110. The molecule has 2 aliphatic rings. The van der Waals surface area contributed by atoms with Crippen molar-refractivity contribution in [2.24, 2.45) is 0 Å². The Labute approximate surface area is 74.6 Å². The number of hydrogen-bond acceptors (Lipinski definition) is 2. The van der Waals surface area contributed by atoms with E-state index in [1.54, 1.807) is 0 Å². The summed E-state index contributed by atoms with van der Waals surface area (Å²) in [7, 11) is 0. The van der Waals surface area contributed by atoms with E-state index in [-0.39, 0.29) is 6.10 Å². The van der Waals surface area contributed by atoms with Crippen LogP contribution in [0.2, 0.25) is 0 Å². The van der Waals surface area contributed by atoms with Gasteiger partial charge in [-0.05, 0) is 38.8 Å². The average Bonchev–Trinajstić information content (AvgIpc) is 2.30. The van der Waals surface area contributed by atoms with Crippen LogP contribution >= 0.6 is 0 Å². The van der Waals surface area contributed by atoms with E-state index in [0.29, 0.717) is 6.04 Å². The summed E-state index contributed by atoms with van der Waals surface area (Å²) in [5, 5.41) is 9.51. The minimum absolute atomic E-state index is 0.0110. The molecule has 2 heteroatoms. The Bertz CT molecular complexity index is 141. The monoisotopic (exact) mass is 169 g/mol. The van der Waals surface area contributed by atoms with Crippen molar-refractivity contribution in [3.05, 3.63) is 0 Å². The van der Waals surface area contributed by atoms with E-state index in [1.165, 1.54) is 45.2 Å². The second-order valence-electron chi connectivity index (χ2n) is 4.16. The van der Waals surface area contributed by atoms with Crippen molar-refractivity contribution in [2.45, 2.75) is 50.7 Å². The molecule has 0 amide bonds. The molecule has 1 heterocycles. The fourth-order valence-corrected chi connectivity index (χ4v) is 2.32. The molecule has 0 radical (unpaired) electrons. The Hall–Kier alpha value is -0.0800. The van der Waals surface area contributed by atoms with Gasteiger partial charge in [-0.3, -0.25) is 4.90 Å². The first kappa shape index (κ1) is 8.52. The number of rotatable bonds is 1. The molecule has 2 atom stereocenters. The van der Waals surface area contributed by atoms with E-state index in [9.17, 15) is 5.11 Å². The van der Waals surface area contributed by atoms with Crippen LogP contribution in [-0.4, -0.2) is 35.2 Å². The lowest BCUT2D eigenvalue weighted by Crippen LogP contribution is -2.50. The molecule has 0 aromatic rings. The van der Waals surface area contributed by atoms with Crippen LogP contribution in [0.15, 0.2) is 0 Å². The highest BCUT2D eigenvalue weighted by Crippen LogP contribution is 2.27. The van der Waals surface area contributed by atoms with E-state index in [0.717, 1.165) is 6.42 Å². The van der Waals surface area contributed by atoms with E-state index < -0.39 is 0 Å². The summed E-state index contributed by atoms with van der Waals surface area (Å²) in [5.74, 6) is 0. The maximum atomic E-state index is 9.51. The van der Waals surface area contributed by atoms with Gasteiger partial charge in [0.1, 0.15) is 0 Å². The number of aliphatic hydroxyl groups is 1. The molecule has 2 nitrogen and oxygen atoms in total. The second kappa shape index (κ2) is 3.75.